The van der Waals surface area contributed by atoms with E-state index in [9.17, 15) is 9.90 Å². The SMILES string of the molecule is C#C[C@]1(O)CC[C@@]2(C)[C@@H](CC[C@H]3[C@H]2CC[C@]2(C)C(=O)CC[C@H]32)C1. The lowest BCUT2D eigenvalue weighted by Crippen LogP contribution is -2.55. The van der Waals surface area contributed by atoms with Gasteiger partial charge in [-0.25, -0.2) is 0 Å². The Labute approximate surface area is 140 Å². The number of Topliss-reactive ketones (excluding diaryl/α,β-unsaturated/α-hetero) is 1. The van der Waals surface area contributed by atoms with Gasteiger partial charge in [0.2, 0.25) is 0 Å². The van der Waals surface area contributed by atoms with Crippen molar-refractivity contribution in [3.63, 3.8) is 0 Å². The summed E-state index contributed by atoms with van der Waals surface area (Å²) in [5, 5.41) is 10.6. The van der Waals surface area contributed by atoms with Crippen LogP contribution in [0.15, 0.2) is 0 Å². The highest BCUT2D eigenvalue weighted by Crippen LogP contribution is 2.66. The zero-order valence-corrected chi connectivity index (χ0v) is 14.6. The van der Waals surface area contributed by atoms with Gasteiger partial charge in [0.05, 0.1) is 0 Å². The summed E-state index contributed by atoms with van der Waals surface area (Å²) in [6.07, 6.45) is 14.8. The summed E-state index contributed by atoms with van der Waals surface area (Å²) in [6, 6.07) is 0. The molecule has 2 nitrogen and oxygen atoms in total. The Hall–Kier alpha value is -0.810. The molecule has 23 heavy (non-hydrogen) atoms. The fraction of sp³-hybridized carbons (Fsp3) is 0.857. The molecular formula is C21H30O2. The smallest absolute Gasteiger partial charge is 0.139 e. The Kier molecular flexibility index (Phi) is 3.31. The van der Waals surface area contributed by atoms with Crippen molar-refractivity contribution < 1.29 is 9.90 Å². The molecule has 0 aromatic heterocycles. The Morgan fingerprint density at radius 1 is 1.09 bits per heavy atom. The van der Waals surface area contributed by atoms with Crippen LogP contribution in [-0.2, 0) is 4.79 Å². The normalized spacial score (nSPS) is 55.5. The maximum Gasteiger partial charge on any atom is 0.139 e. The van der Waals surface area contributed by atoms with Gasteiger partial charge in [-0.15, -0.1) is 6.42 Å². The molecule has 0 heterocycles. The number of hydrogen-bond acceptors (Lipinski definition) is 2. The Morgan fingerprint density at radius 2 is 1.87 bits per heavy atom. The van der Waals surface area contributed by atoms with E-state index in [1.165, 1.54) is 19.3 Å². The number of rotatable bonds is 0. The summed E-state index contributed by atoms with van der Waals surface area (Å²) < 4.78 is 0. The predicted molar refractivity (Wildman–Crippen MR) is 90.5 cm³/mol. The van der Waals surface area contributed by atoms with Crippen LogP contribution in [0.3, 0.4) is 0 Å². The monoisotopic (exact) mass is 314 g/mol. The van der Waals surface area contributed by atoms with Crippen molar-refractivity contribution in [3.8, 4) is 12.3 Å². The molecule has 0 radical (unpaired) electrons. The minimum Gasteiger partial charge on any atom is -0.378 e. The van der Waals surface area contributed by atoms with Crippen LogP contribution >= 0.6 is 0 Å². The fourth-order valence-corrected chi connectivity index (χ4v) is 7.15. The number of hydrogen-bond donors (Lipinski definition) is 1. The minimum atomic E-state index is -0.872. The first-order valence-corrected chi connectivity index (χ1v) is 9.56. The molecule has 126 valence electrons. The van der Waals surface area contributed by atoms with Gasteiger partial charge >= 0.3 is 0 Å². The van der Waals surface area contributed by atoms with E-state index in [4.69, 9.17) is 6.42 Å². The summed E-state index contributed by atoms with van der Waals surface area (Å²) in [7, 11) is 0. The maximum absolute atomic E-state index is 12.4. The molecule has 2 heteroatoms. The Bertz CT molecular complexity index is 575. The van der Waals surface area contributed by atoms with Crippen molar-refractivity contribution in [3.05, 3.63) is 0 Å². The molecule has 1 N–H and O–H groups in total. The zero-order chi connectivity index (χ0) is 16.5. The minimum absolute atomic E-state index is 0.0292. The first kappa shape index (κ1) is 15.7. The highest BCUT2D eigenvalue weighted by atomic mass is 16.3. The van der Waals surface area contributed by atoms with Crippen LogP contribution in [0.2, 0.25) is 0 Å². The van der Waals surface area contributed by atoms with Crippen LogP contribution in [0.25, 0.3) is 0 Å². The van der Waals surface area contributed by atoms with Gasteiger partial charge in [-0.2, -0.15) is 0 Å². The summed E-state index contributed by atoms with van der Waals surface area (Å²) in [6.45, 7) is 4.71. The van der Waals surface area contributed by atoms with Crippen LogP contribution in [0.5, 0.6) is 0 Å². The number of carbonyl (C=O) groups excluding carboxylic acids is 1. The van der Waals surface area contributed by atoms with Gasteiger partial charge in [0.25, 0.3) is 0 Å². The highest BCUT2D eigenvalue weighted by molar-refractivity contribution is 5.87. The summed E-state index contributed by atoms with van der Waals surface area (Å²) in [5.41, 5.74) is -0.582. The lowest BCUT2D eigenvalue weighted by atomic mass is 9.44. The van der Waals surface area contributed by atoms with E-state index in [0.717, 1.165) is 50.4 Å². The summed E-state index contributed by atoms with van der Waals surface area (Å²) in [5.74, 6) is 5.81. The first-order chi connectivity index (χ1) is 10.8. The lowest BCUT2D eigenvalue weighted by Gasteiger charge is -2.60. The third-order valence-electron chi connectivity index (χ3n) is 8.70. The zero-order valence-electron chi connectivity index (χ0n) is 14.6. The number of fused-ring (bicyclic) bond motifs is 5. The van der Waals surface area contributed by atoms with E-state index in [1.54, 1.807) is 0 Å². The number of carbonyl (C=O) groups is 1. The fourth-order valence-electron chi connectivity index (χ4n) is 7.15. The largest absolute Gasteiger partial charge is 0.378 e. The molecule has 0 unspecified atom stereocenters. The van der Waals surface area contributed by atoms with Gasteiger partial charge in [-0.1, -0.05) is 19.8 Å². The van der Waals surface area contributed by atoms with Crippen LogP contribution < -0.4 is 0 Å². The van der Waals surface area contributed by atoms with Gasteiger partial charge in [-0.3, -0.25) is 4.79 Å². The molecule has 7 atom stereocenters. The van der Waals surface area contributed by atoms with Crippen LogP contribution in [0.4, 0.5) is 0 Å². The molecule has 4 fully saturated rings. The second-order valence-corrected chi connectivity index (χ2v) is 9.45. The van der Waals surface area contributed by atoms with Crippen molar-refractivity contribution >= 4 is 5.78 Å². The van der Waals surface area contributed by atoms with E-state index in [-0.39, 0.29) is 5.41 Å². The molecule has 4 aliphatic rings. The second kappa shape index (κ2) is 4.85. The topological polar surface area (TPSA) is 37.3 Å². The van der Waals surface area contributed by atoms with Crippen molar-refractivity contribution in [1.82, 2.24) is 0 Å². The summed E-state index contributed by atoms with van der Waals surface area (Å²) in [4.78, 5) is 12.4. The molecule has 4 aliphatic carbocycles. The lowest BCUT2D eigenvalue weighted by molar-refractivity contribution is -0.146. The second-order valence-electron chi connectivity index (χ2n) is 9.45. The Balaban J connectivity index is 1.62. The molecular weight excluding hydrogens is 284 g/mol. The molecule has 0 amide bonds. The van der Waals surface area contributed by atoms with Crippen LogP contribution in [-0.4, -0.2) is 16.5 Å². The molecule has 4 rings (SSSR count). The van der Waals surface area contributed by atoms with Crippen LogP contribution in [0.1, 0.15) is 71.6 Å². The van der Waals surface area contributed by atoms with E-state index < -0.39 is 5.60 Å². The molecule has 0 aromatic rings. The third-order valence-corrected chi connectivity index (χ3v) is 8.70. The van der Waals surface area contributed by atoms with E-state index in [2.05, 4.69) is 19.8 Å². The van der Waals surface area contributed by atoms with Gasteiger partial charge in [0, 0.05) is 11.8 Å². The average molecular weight is 314 g/mol. The highest BCUT2D eigenvalue weighted by Gasteiger charge is 2.61. The molecule has 0 spiro atoms. The summed E-state index contributed by atoms with van der Waals surface area (Å²) >= 11 is 0. The van der Waals surface area contributed by atoms with Gasteiger partial charge < -0.3 is 5.11 Å². The van der Waals surface area contributed by atoms with E-state index in [0.29, 0.717) is 23.0 Å². The average Bonchev–Trinajstić information content (AvgIpc) is 2.84. The molecule has 0 aliphatic heterocycles. The van der Waals surface area contributed by atoms with Gasteiger partial charge in [-0.05, 0) is 80.5 Å². The first-order valence-electron chi connectivity index (χ1n) is 9.56. The quantitative estimate of drug-likeness (QED) is 0.687. The molecule has 0 aromatic carbocycles. The molecule has 0 saturated heterocycles. The number of aliphatic hydroxyl groups is 1. The van der Waals surface area contributed by atoms with E-state index in [1.807, 2.05) is 0 Å². The van der Waals surface area contributed by atoms with Crippen molar-refractivity contribution in [2.75, 3.05) is 0 Å². The predicted octanol–water partition coefficient (Wildman–Crippen LogP) is 3.96. The molecule has 0 bridgehead atoms. The molecule has 4 saturated carbocycles. The van der Waals surface area contributed by atoms with Crippen molar-refractivity contribution in [1.29, 1.82) is 0 Å². The van der Waals surface area contributed by atoms with Crippen LogP contribution in [0, 0.1) is 46.8 Å². The number of terminal acetylenes is 1. The standard InChI is InChI=1S/C21H30O2/c1-4-21(23)12-11-19(2)14(13-21)5-6-15-16-7-8-18(22)20(16,3)10-9-17(15)19/h1,14-17,23H,5-13H2,2-3H3/t14-,15+,16+,17+,19-,20-,21-/m0/s1. The van der Waals surface area contributed by atoms with Crippen molar-refractivity contribution in [2.24, 2.45) is 34.5 Å². The van der Waals surface area contributed by atoms with E-state index >= 15 is 0 Å². The third kappa shape index (κ3) is 2.02. The van der Waals surface area contributed by atoms with Gasteiger partial charge in [0.1, 0.15) is 11.4 Å². The number of ketones is 1. The Morgan fingerprint density at radius 3 is 2.61 bits per heavy atom. The maximum atomic E-state index is 12.4. The van der Waals surface area contributed by atoms with Gasteiger partial charge in [0.15, 0.2) is 0 Å². The van der Waals surface area contributed by atoms with Crippen molar-refractivity contribution in [2.45, 2.75) is 77.2 Å².